The molecule has 7 heteroatoms. The summed E-state index contributed by atoms with van der Waals surface area (Å²) in [7, 11) is 0. The molecule has 1 atom stereocenters. The number of hydrogen-bond acceptors (Lipinski definition) is 3. The van der Waals surface area contributed by atoms with E-state index in [0.717, 1.165) is 23.3 Å². The van der Waals surface area contributed by atoms with E-state index in [2.05, 4.69) is 22.3 Å². The average Bonchev–Trinajstić information content (AvgIpc) is 2.74. The molecule has 0 spiro atoms. The van der Waals surface area contributed by atoms with Gasteiger partial charge in [-0.05, 0) is 49.1 Å². The van der Waals surface area contributed by atoms with Crippen LogP contribution in [0.15, 0.2) is 42.5 Å². The first-order valence-electron chi connectivity index (χ1n) is 10.6. The van der Waals surface area contributed by atoms with Crippen molar-refractivity contribution >= 4 is 5.91 Å². The number of amides is 1. The van der Waals surface area contributed by atoms with Crippen LogP contribution in [0.1, 0.15) is 40.3 Å². The Balaban J connectivity index is 1.63. The minimum absolute atomic E-state index is 0.0647. The van der Waals surface area contributed by atoms with Crippen LogP contribution in [-0.4, -0.2) is 43.7 Å². The van der Waals surface area contributed by atoms with Gasteiger partial charge in [0.25, 0.3) is 0 Å². The molecule has 1 heterocycles. The summed E-state index contributed by atoms with van der Waals surface area (Å²) in [4.78, 5) is 14.6. The summed E-state index contributed by atoms with van der Waals surface area (Å²) >= 11 is 0. The van der Waals surface area contributed by atoms with Crippen LogP contribution in [0, 0.1) is 13.8 Å². The fraction of sp³-hybridized carbons (Fsp3) is 0.458. The first-order chi connectivity index (χ1) is 14.7. The molecule has 0 aliphatic carbocycles. The summed E-state index contributed by atoms with van der Waals surface area (Å²) in [6.07, 6.45) is -3.34. The smallest absolute Gasteiger partial charge is 0.379 e. The van der Waals surface area contributed by atoms with Gasteiger partial charge in [0.15, 0.2) is 0 Å². The Morgan fingerprint density at radius 1 is 1.10 bits per heavy atom. The molecule has 0 radical (unpaired) electrons. The highest BCUT2D eigenvalue weighted by Crippen LogP contribution is 2.31. The van der Waals surface area contributed by atoms with Crippen LogP contribution in [-0.2, 0) is 22.1 Å². The SMILES string of the molecule is Cc1ccc(CCC(=O)NCC(c2ccc(C(F)(F)F)cc2)N2CCOCC2)c(C)c1. The molecule has 4 nitrogen and oxygen atoms in total. The highest BCUT2D eigenvalue weighted by Gasteiger charge is 2.31. The summed E-state index contributed by atoms with van der Waals surface area (Å²) in [5, 5.41) is 2.98. The van der Waals surface area contributed by atoms with E-state index in [1.807, 2.05) is 19.9 Å². The minimum atomic E-state index is -4.37. The minimum Gasteiger partial charge on any atom is -0.379 e. The average molecular weight is 435 g/mol. The van der Waals surface area contributed by atoms with E-state index in [1.54, 1.807) is 0 Å². The molecule has 3 rings (SSSR count). The van der Waals surface area contributed by atoms with Gasteiger partial charge in [0, 0.05) is 26.1 Å². The third kappa shape index (κ3) is 6.55. The van der Waals surface area contributed by atoms with E-state index < -0.39 is 11.7 Å². The van der Waals surface area contributed by atoms with Crippen molar-refractivity contribution in [1.82, 2.24) is 10.2 Å². The summed E-state index contributed by atoms with van der Waals surface area (Å²) < 4.78 is 44.2. The van der Waals surface area contributed by atoms with E-state index in [9.17, 15) is 18.0 Å². The molecule has 2 aromatic carbocycles. The number of carbonyl (C=O) groups is 1. The Labute approximate surface area is 181 Å². The lowest BCUT2D eigenvalue weighted by Crippen LogP contribution is -2.43. The highest BCUT2D eigenvalue weighted by atomic mass is 19.4. The van der Waals surface area contributed by atoms with E-state index in [1.165, 1.54) is 23.3 Å². The van der Waals surface area contributed by atoms with Crippen LogP contribution in [0.4, 0.5) is 13.2 Å². The van der Waals surface area contributed by atoms with Crippen LogP contribution in [0.2, 0.25) is 0 Å². The first-order valence-corrected chi connectivity index (χ1v) is 10.6. The Bertz CT molecular complexity index is 875. The predicted octanol–water partition coefficient (Wildman–Crippen LogP) is 4.44. The highest BCUT2D eigenvalue weighted by molar-refractivity contribution is 5.76. The van der Waals surface area contributed by atoms with Gasteiger partial charge >= 0.3 is 6.18 Å². The number of ether oxygens (including phenoxy) is 1. The second-order valence-electron chi connectivity index (χ2n) is 8.02. The van der Waals surface area contributed by atoms with Crippen LogP contribution >= 0.6 is 0 Å². The molecule has 1 N–H and O–H groups in total. The summed E-state index contributed by atoms with van der Waals surface area (Å²) in [5.41, 5.74) is 3.59. The Morgan fingerprint density at radius 3 is 2.39 bits per heavy atom. The third-order valence-electron chi connectivity index (χ3n) is 5.72. The lowest BCUT2D eigenvalue weighted by Gasteiger charge is -2.35. The molecule has 31 heavy (non-hydrogen) atoms. The number of nitrogens with one attached hydrogen (secondary N) is 1. The molecule has 1 fully saturated rings. The number of nitrogens with zero attached hydrogens (tertiary/aromatic N) is 1. The number of benzene rings is 2. The number of hydrogen-bond donors (Lipinski definition) is 1. The molecule has 0 aromatic heterocycles. The number of aryl methyl sites for hydroxylation is 3. The maximum Gasteiger partial charge on any atom is 0.416 e. The molecular weight excluding hydrogens is 405 g/mol. The molecule has 1 unspecified atom stereocenters. The maximum atomic E-state index is 12.9. The van der Waals surface area contributed by atoms with Crippen LogP contribution in [0.3, 0.4) is 0 Å². The molecule has 0 saturated carbocycles. The summed E-state index contributed by atoms with van der Waals surface area (Å²) in [6, 6.07) is 11.2. The number of halogens is 3. The summed E-state index contributed by atoms with van der Waals surface area (Å²) in [5.74, 6) is -0.0647. The molecule has 168 valence electrons. The molecular formula is C24H29F3N2O2. The van der Waals surface area contributed by atoms with Gasteiger partial charge in [-0.3, -0.25) is 9.69 Å². The van der Waals surface area contributed by atoms with Gasteiger partial charge in [-0.15, -0.1) is 0 Å². The van der Waals surface area contributed by atoms with Crippen LogP contribution in [0.25, 0.3) is 0 Å². The Kier molecular flexibility index (Phi) is 7.73. The van der Waals surface area contributed by atoms with Crippen molar-refractivity contribution in [3.63, 3.8) is 0 Å². The van der Waals surface area contributed by atoms with Crippen molar-refractivity contribution in [2.75, 3.05) is 32.8 Å². The van der Waals surface area contributed by atoms with Gasteiger partial charge in [-0.25, -0.2) is 0 Å². The molecule has 1 aliphatic heterocycles. The van der Waals surface area contributed by atoms with Crippen molar-refractivity contribution in [1.29, 1.82) is 0 Å². The summed E-state index contributed by atoms with van der Waals surface area (Å²) in [6.45, 7) is 6.90. The molecule has 1 amide bonds. The van der Waals surface area contributed by atoms with E-state index >= 15 is 0 Å². The van der Waals surface area contributed by atoms with Crippen molar-refractivity contribution in [2.45, 2.75) is 38.9 Å². The monoisotopic (exact) mass is 434 g/mol. The number of carbonyl (C=O) groups excluding carboxylic acids is 1. The van der Waals surface area contributed by atoms with Crippen molar-refractivity contribution < 1.29 is 22.7 Å². The van der Waals surface area contributed by atoms with Crippen molar-refractivity contribution in [3.8, 4) is 0 Å². The number of alkyl halides is 3. The zero-order valence-corrected chi connectivity index (χ0v) is 18.0. The standard InChI is InChI=1S/C24H29F3N2O2/c1-17-3-4-19(18(2)15-17)7-10-23(30)28-16-22(29-11-13-31-14-12-29)20-5-8-21(9-6-20)24(25,26)27/h3-6,8-9,15,22H,7,10-14,16H2,1-2H3,(H,28,30). The molecule has 1 aliphatic rings. The zero-order chi connectivity index (χ0) is 22.4. The Hall–Kier alpha value is -2.38. The topological polar surface area (TPSA) is 41.6 Å². The van der Waals surface area contributed by atoms with Crippen LogP contribution < -0.4 is 5.32 Å². The van der Waals surface area contributed by atoms with Gasteiger partial charge in [0.1, 0.15) is 0 Å². The van der Waals surface area contributed by atoms with Gasteiger partial charge in [0.05, 0.1) is 24.8 Å². The Morgan fingerprint density at radius 2 is 1.77 bits per heavy atom. The van der Waals surface area contributed by atoms with Gasteiger partial charge < -0.3 is 10.1 Å². The fourth-order valence-corrected chi connectivity index (χ4v) is 3.91. The van der Waals surface area contributed by atoms with E-state index in [-0.39, 0.29) is 11.9 Å². The van der Waals surface area contributed by atoms with E-state index in [4.69, 9.17) is 4.74 Å². The quantitative estimate of drug-likeness (QED) is 0.700. The molecule has 1 saturated heterocycles. The van der Waals surface area contributed by atoms with Gasteiger partial charge in [-0.2, -0.15) is 13.2 Å². The fourth-order valence-electron chi connectivity index (χ4n) is 3.91. The largest absolute Gasteiger partial charge is 0.416 e. The maximum absolute atomic E-state index is 12.9. The number of morpholine rings is 1. The molecule has 2 aromatic rings. The zero-order valence-electron chi connectivity index (χ0n) is 18.0. The van der Waals surface area contributed by atoms with Gasteiger partial charge in [0.2, 0.25) is 5.91 Å². The van der Waals surface area contributed by atoms with Crippen molar-refractivity contribution in [2.24, 2.45) is 0 Å². The van der Waals surface area contributed by atoms with Gasteiger partial charge in [-0.1, -0.05) is 35.9 Å². The normalized spacial score (nSPS) is 16.2. The second-order valence-corrected chi connectivity index (χ2v) is 8.02. The van der Waals surface area contributed by atoms with Crippen molar-refractivity contribution in [3.05, 3.63) is 70.3 Å². The molecule has 0 bridgehead atoms. The van der Waals surface area contributed by atoms with Crippen LogP contribution in [0.5, 0.6) is 0 Å². The predicted molar refractivity (Wildman–Crippen MR) is 114 cm³/mol. The lowest BCUT2D eigenvalue weighted by molar-refractivity contribution is -0.137. The lowest BCUT2D eigenvalue weighted by atomic mass is 10.0. The van der Waals surface area contributed by atoms with E-state index in [0.29, 0.717) is 45.7 Å². The third-order valence-corrected chi connectivity index (χ3v) is 5.72. The number of rotatable bonds is 7. The second kappa shape index (κ2) is 10.3. The first kappa shape index (κ1) is 23.3.